The van der Waals surface area contributed by atoms with Crippen molar-refractivity contribution in [2.75, 3.05) is 5.32 Å². The van der Waals surface area contributed by atoms with Crippen molar-refractivity contribution in [3.05, 3.63) is 90.4 Å². The zero-order valence-electron chi connectivity index (χ0n) is 14.8. The molecule has 2 heterocycles. The van der Waals surface area contributed by atoms with Gasteiger partial charge in [-0.2, -0.15) is 0 Å². The van der Waals surface area contributed by atoms with E-state index in [-0.39, 0.29) is 5.91 Å². The summed E-state index contributed by atoms with van der Waals surface area (Å²) >= 11 is 0. The van der Waals surface area contributed by atoms with Crippen LogP contribution in [0.25, 0.3) is 11.5 Å². The molecule has 0 aliphatic heterocycles. The van der Waals surface area contributed by atoms with E-state index in [4.69, 9.17) is 9.15 Å². The van der Waals surface area contributed by atoms with E-state index < -0.39 is 0 Å². The standard InChI is InChI=1S/C21H16N4O3/c26-20(24-19-7-3-4-12-22-19)16-10-8-15(9-11-16)13-27-18-6-2-1-5-17(18)21-25-23-14-28-21/h1-12,14H,13H2,(H,22,24,26). The van der Waals surface area contributed by atoms with Gasteiger partial charge in [0.2, 0.25) is 6.39 Å². The molecule has 0 bridgehead atoms. The molecule has 1 N–H and O–H groups in total. The third-order valence-corrected chi connectivity index (χ3v) is 3.99. The number of benzene rings is 2. The lowest BCUT2D eigenvalue weighted by molar-refractivity contribution is 0.102. The van der Waals surface area contributed by atoms with Crippen molar-refractivity contribution >= 4 is 11.7 Å². The van der Waals surface area contributed by atoms with E-state index in [0.717, 1.165) is 11.1 Å². The first kappa shape index (κ1) is 17.4. The topological polar surface area (TPSA) is 90.1 Å². The summed E-state index contributed by atoms with van der Waals surface area (Å²) in [6.45, 7) is 0.341. The Labute approximate surface area is 161 Å². The number of rotatable bonds is 6. The first-order valence-electron chi connectivity index (χ1n) is 8.59. The fraction of sp³-hybridized carbons (Fsp3) is 0.0476. The Morgan fingerprint density at radius 3 is 2.57 bits per heavy atom. The Kier molecular flexibility index (Phi) is 5.06. The number of ether oxygens (including phenoxy) is 1. The number of amides is 1. The van der Waals surface area contributed by atoms with Gasteiger partial charge >= 0.3 is 0 Å². The molecule has 0 saturated carbocycles. The van der Waals surface area contributed by atoms with Crippen molar-refractivity contribution in [3.63, 3.8) is 0 Å². The van der Waals surface area contributed by atoms with Crippen LogP contribution in [0, 0.1) is 0 Å². The number of para-hydroxylation sites is 1. The summed E-state index contributed by atoms with van der Waals surface area (Å²) in [5.41, 5.74) is 2.20. The third kappa shape index (κ3) is 4.04. The van der Waals surface area contributed by atoms with E-state index in [1.165, 1.54) is 6.39 Å². The van der Waals surface area contributed by atoms with Gasteiger partial charge in [0.15, 0.2) is 0 Å². The molecular formula is C21H16N4O3. The Morgan fingerprint density at radius 1 is 1.00 bits per heavy atom. The molecule has 138 valence electrons. The molecule has 0 aliphatic carbocycles. The minimum Gasteiger partial charge on any atom is -0.488 e. The molecule has 0 aliphatic rings. The van der Waals surface area contributed by atoms with Gasteiger partial charge in [-0.15, -0.1) is 10.2 Å². The van der Waals surface area contributed by atoms with Crippen molar-refractivity contribution < 1.29 is 13.9 Å². The van der Waals surface area contributed by atoms with Crippen molar-refractivity contribution in [2.45, 2.75) is 6.61 Å². The lowest BCUT2D eigenvalue weighted by Crippen LogP contribution is -2.12. The first-order valence-corrected chi connectivity index (χ1v) is 8.59. The third-order valence-electron chi connectivity index (χ3n) is 3.99. The quantitative estimate of drug-likeness (QED) is 0.551. The van der Waals surface area contributed by atoms with Crippen molar-refractivity contribution in [3.8, 4) is 17.2 Å². The van der Waals surface area contributed by atoms with Gasteiger partial charge in [-0.3, -0.25) is 4.79 Å². The van der Waals surface area contributed by atoms with Crippen LogP contribution < -0.4 is 10.1 Å². The predicted molar refractivity (Wildman–Crippen MR) is 103 cm³/mol. The Morgan fingerprint density at radius 2 is 1.82 bits per heavy atom. The van der Waals surface area contributed by atoms with Crippen LogP contribution in [-0.2, 0) is 6.61 Å². The number of hydrogen-bond donors (Lipinski definition) is 1. The normalized spacial score (nSPS) is 10.4. The molecule has 0 fully saturated rings. The molecule has 1 amide bonds. The predicted octanol–water partition coefficient (Wildman–Crippen LogP) is 3.96. The van der Waals surface area contributed by atoms with Crippen LogP contribution in [-0.4, -0.2) is 21.1 Å². The monoisotopic (exact) mass is 372 g/mol. The van der Waals surface area contributed by atoms with Gasteiger partial charge in [0.25, 0.3) is 11.8 Å². The van der Waals surface area contributed by atoms with Crippen LogP contribution in [0.4, 0.5) is 5.82 Å². The lowest BCUT2D eigenvalue weighted by Gasteiger charge is -2.10. The number of hydrogen-bond acceptors (Lipinski definition) is 6. The number of nitrogens with zero attached hydrogens (tertiary/aromatic N) is 3. The number of carbonyl (C=O) groups excluding carboxylic acids is 1. The van der Waals surface area contributed by atoms with Gasteiger partial charge in [-0.05, 0) is 42.0 Å². The van der Waals surface area contributed by atoms with Crippen LogP contribution >= 0.6 is 0 Å². The number of nitrogens with one attached hydrogen (secondary N) is 1. The van der Waals surface area contributed by atoms with Gasteiger partial charge in [0.05, 0.1) is 5.56 Å². The first-order chi connectivity index (χ1) is 13.8. The van der Waals surface area contributed by atoms with Gasteiger partial charge in [0.1, 0.15) is 18.2 Å². The molecule has 2 aromatic carbocycles. The molecule has 4 aromatic rings. The molecular weight excluding hydrogens is 356 g/mol. The van der Waals surface area contributed by atoms with Crippen LogP contribution in [0.1, 0.15) is 15.9 Å². The molecule has 0 radical (unpaired) electrons. The SMILES string of the molecule is O=C(Nc1ccccn1)c1ccc(COc2ccccc2-c2nnco2)cc1. The molecule has 0 spiro atoms. The van der Waals surface area contributed by atoms with Crippen molar-refractivity contribution in [1.82, 2.24) is 15.2 Å². The van der Waals surface area contributed by atoms with E-state index in [9.17, 15) is 4.79 Å². The maximum atomic E-state index is 12.3. The zero-order valence-corrected chi connectivity index (χ0v) is 14.8. The fourth-order valence-electron chi connectivity index (χ4n) is 2.60. The minimum absolute atomic E-state index is 0.215. The molecule has 7 heteroatoms. The smallest absolute Gasteiger partial charge is 0.256 e. The van der Waals surface area contributed by atoms with E-state index in [1.54, 1.807) is 30.5 Å². The average molecular weight is 372 g/mol. The summed E-state index contributed by atoms with van der Waals surface area (Å²) in [5, 5.41) is 10.4. The molecule has 4 rings (SSSR count). The zero-order chi connectivity index (χ0) is 19.2. The summed E-state index contributed by atoms with van der Waals surface area (Å²) in [7, 11) is 0. The van der Waals surface area contributed by atoms with Crippen LogP contribution in [0.15, 0.2) is 83.7 Å². The van der Waals surface area contributed by atoms with Crippen LogP contribution in [0.3, 0.4) is 0 Å². The minimum atomic E-state index is -0.215. The summed E-state index contributed by atoms with van der Waals surface area (Å²) in [6.07, 6.45) is 2.91. The Hall–Kier alpha value is -4.00. The average Bonchev–Trinajstić information content (AvgIpc) is 3.28. The van der Waals surface area contributed by atoms with Crippen molar-refractivity contribution in [2.24, 2.45) is 0 Å². The number of pyridine rings is 1. The summed E-state index contributed by atoms with van der Waals surface area (Å²) in [6, 6.07) is 20.0. The summed E-state index contributed by atoms with van der Waals surface area (Å²) in [4.78, 5) is 16.4. The number of aromatic nitrogens is 3. The lowest BCUT2D eigenvalue weighted by atomic mass is 10.1. The fourth-order valence-corrected chi connectivity index (χ4v) is 2.60. The maximum Gasteiger partial charge on any atom is 0.256 e. The molecule has 7 nitrogen and oxygen atoms in total. The maximum absolute atomic E-state index is 12.3. The molecule has 28 heavy (non-hydrogen) atoms. The molecule has 0 atom stereocenters. The van der Waals surface area contributed by atoms with Gasteiger partial charge in [-0.1, -0.05) is 30.3 Å². The highest BCUT2D eigenvalue weighted by Crippen LogP contribution is 2.28. The highest BCUT2D eigenvalue weighted by atomic mass is 16.5. The largest absolute Gasteiger partial charge is 0.488 e. The summed E-state index contributed by atoms with van der Waals surface area (Å²) < 4.78 is 11.2. The summed E-state index contributed by atoms with van der Waals surface area (Å²) in [5.74, 6) is 1.34. The second-order valence-corrected chi connectivity index (χ2v) is 5.89. The Balaban J connectivity index is 1.41. The van der Waals surface area contributed by atoms with E-state index in [0.29, 0.717) is 29.6 Å². The molecule has 0 saturated heterocycles. The van der Waals surface area contributed by atoms with E-state index in [1.807, 2.05) is 42.5 Å². The van der Waals surface area contributed by atoms with E-state index in [2.05, 4.69) is 20.5 Å². The highest BCUT2D eigenvalue weighted by molar-refractivity contribution is 6.03. The van der Waals surface area contributed by atoms with Gasteiger partial charge < -0.3 is 14.5 Å². The van der Waals surface area contributed by atoms with E-state index >= 15 is 0 Å². The van der Waals surface area contributed by atoms with Crippen LogP contribution in [0.5, 0.6) is 5.75 Å². The van der Waals surface area contributed by atoms with Crippen molar-refractivity contribution in [1.29, 1.82) is 0 Å². The molecule has 2 aromatic heterocycles. The number of carbonyl (C=O) groups is 1. The second kappa shape index (κ2) is 8.13. The molecule has 0 unspecified atom stereocenters. The number of anilines is 1. The Bertz CT molecular complexity index is 1050. The van der Waals surface area contributed by atoms with Crippen LogP contribution in [0.2, 0.25) is 0 Å². The highest BCUT2D eigenvalue weighted by Gasteiger charge is 2.11. The van der Waals surface area contributed by atoms with Gasteiger partial charge in [0, 0.05) is 11.8 Å². The second-order valence-electron chi connectivity index (χ2n) is 5.89. The van der Waals surface area contributed by atoms with Gasteiger partial charge in [-0.25, -0.2) is 4.98 Å².